The second kappa shape index (κ2) is 10.7. The second-order valence-corrected chi connectivity index (χ2v) is 9.52. The summed E-state index contributed by atoms with van der Waals surface area (Å²) in [6.45, 7) is 1.26. The quantitative estimate of drug-likeness (QED) is 0.461. The van der Waals surface area contributed by atoms with Crippen molar-refractivity contribution in [3.63, 3.8) is 0 Å². The summed E-state index contributed by atoms with van der Waals surface area (Å²) < 4.78 is 44.3. The Bertz CT molecular complexity index is 1280. The second-order valence-electron chi connectivity index (χ2n) is 7.26. The molecule has 0 spiro atoms. The summed E-state index contributed by atoms with van der Waals surface area (Å²) in [7, 11) is 0.149. The van der Waals surface area contributed by atoms with Gasteiger partial charge >= 0.3 is 0 Å². The maximum absolute atomic E-state index is 13.7. The fourth-order valence-electron chi connectivity index (χ4n) is 3.26. The number of anilines is 2. The zero-order valence-electron chi connectivity index (χ0n) is 19.2. The highest BCUT2D eigenvalue weighted by Gasteiger charge is 2.30. The van der Waals surface area contributed by atoms with Crippen LogP contribution in [0.3, 0.4) is 0 Å². The number of ether oxygens (including phenoxy) is 3. The van der Waals surface area contributed by atoms with Gasteiger partial charge in [0, 0.05) is 11.1 Å². The number of sulfonamides is 1. The van der Waals surface area contributed by atoms with Crippen LogP contribution in [-0.4, -0.2) is 42.2 Å². The molecule has 3 rings (SSSR count). The molecule has 0 aromatic heterocycles. The van der Waals surface area contributed by atoms with Gasteiger partial charge < -0.3 is 19.5 Å². The van der Waals surface area contributed by atoms with Crippen molar-refractivity contribution < 1.29 is 27.4 Å². The Hall–Kier alpha value is -3.43. The van der Waals surface area contributed by atoms with Crippen molar-refractivity contribution in [1.82, 2.24) is 0 Å². The maximum atomic E-state index is 13.7. The number of aryl methyl sites for hydroxylation is 1. The normalized spacial score (nSPS) is 11.0. The van der Waals surface area contributed by atoms with Gasteiger partial charge in [-0.25, -0.2) is 8.42 Å². The number of nitrogens with zero attached hydrogens (tertiary/aromatic N) is 1. The lowest BCUT2D eigenvalue weighted by Gasteiger charge is -2.25. The Balaban J connectivity index is 2.02. The molecule has 8 nitrogen and oxygen atoms in total. The molecule has 0 bridgehead atoms. The summed E-state index contributed by atoms with van der Waals surface area (Å²) in [4.78, 5) is 13.0. The van der Waals surface area contributed by atoms with Gasteiger partial charge in [0.25, 0.3) is 10.0 Å². The zero-order chi connectivity index (χ0) is 24.9. The summed E-state index contributed by atoms with van der Waals surface area (Å²) in [6.07, 6.45) is 0. The van der Waals surface area contributed by atoms with Gasteiger partial charge in [0.15, 0.2) is 0 Å². The van der Waals surface area contributed by atoms with Gasteiger partial charge in [-0.1, -0.05) is 17.7 Å². The lowest BCUT2D eigenvalue weighted by Crippen LogP contribution is -2.38. The standard InChI is InChI=1S/C24H25ClN2O6S/c1-16-5-11-22(33-4)23(13-16)34(29,30)27(18-8-6-17(25)7-9-18)15-24(28)26-20-14-19(31-2)10-12-21(20)32-3/h5-14H,15H2,1-4H3,(H,26,28). The van der Waals surface area contributed by atoms with E-state index >= 15 is 0 Å². The van der Waals surface area contributed by atoms with E-state index in [1.54, 1.807) is 49.4 Å². The molecule has 3 aromatic carbocycles. The van der Waals surface area contributed by atoms with Gasteiger partial charge in [-0.15, -0.1) is 0 Å². The molecular formula is C24H25ClN2O6S. The highest BCUT2D eigenvalue weighted by Crippen LogP contribution is 2.32. The molecule has 0 aliphatic heterocycles. The fourth-order valence-corrected chi connectivity index (χ4v) is 5.05. The minimum atomic E-state index is -4.20. The maximum Gasteiger partial charge on any atom is 0.268 e. The first-order valence-electron chi connectivity index (χ1n) is 10.1. The third kappa shape index (κ3) is 5.55. The van der Waals surface area contributed by atoms with Gasteiger partial charge in [-0.2, -0.15) is 0 Å². The summed E-state index contributed by atoms with van der Waals surface area (Å²) >= 11 is 6.00. The van der Waals surface area contributed by atoms with E-state index in [0.717, 1.165) is 9.87 Å². The van der Waals surface area contributed by atoms with Crippen LogP contribution in [0, 0.1) is 6.92 Å². The van der Waals surface area contributed by atoms with E-state index in [1.807, 2.05) is 0 Å². The molecule has 1 N–H and O–H groups in total. The van der Waals surface area contributed by atoms with E-state index in [9.17, 15) is 13.2 Å². The smallest absolute Gasteiger partial charge is 0.268 e. The topological polar surface area (TPSA) is 94.2 Å². The van der Waals surface area contributed by atoms with E-state index in [0.29, 0.717) is 22.2 Å². The lowest BCUT2D eigenvalue weighted by molar-refractivity contribution is -0.114. The molecule has 0 radical (unpaired) electrons. The molecule has 34 heavy (non-hydrogen) atoms. The Morgan fingerprint density at radius 3 is 2.18 bits per heavy atom. The van der Waals surface area contributed by atoms with Gasteiger partial charge in [0.2, 0.25) is 5.91 Å². The highest BCUT2D eigenvalue weighted by molar-refractivity contribution is 7.93. The predicted molar refractivity (Wildman–Crippen MR) is 132 cm³/mol. The van der Waals surface area contributed by atoms with Crippen molar-refractivity contribution in [2.24, 2.45) is 0 Å². The summed E-state index contributed by atoms with van der Waals surface area (Å²) in [6, 6.07) is 15.9. The van der Waals surface area contributed by atoms with Crippen LogP contribution < -0.4 is 23.8 Å². The highest BCUT2D eigenvalue weighted by atomic mass is 35.5. The fraction of sp³-hybridized carbons (Fsp3) is 0.208. The Morgan fingerprint density at radius 1 is 0.912 bits per heavy atom. The Kier molecular flexibility index (Phi) is 7.90. The zero-order valence-corrected chi connectivity index (χ0v) is 20.7. The molecule has 0 aliphatic rings. The molecule has 0 unspecified atom stereocenters. The number of benzene rings is 3. The number of rotatable bonds is 9. The van der Waals surface area contributed by atoms with Crippen molar-refractivity contribution in [2.45, 2.75) is 11.8 Å². The van der Waals surface area contributed by atoms with Crippen molar-refractivity contribution >= 4 is 38.9 Å². The van der Waals surface area contributed by atoms with Crippen molar-refractivity contribution in [1.29, 1.82) is 0 Å². The third-order valence-corrected chi connectivity index (χ3v) is 7.02. The van der Waals surface area contributed by atoms with Crippen LogP contribution >= 0.6 is 11.6 Å². The molecule has 0 aliphatic carbocycles. The van der Waals surface area contributed by atoms with Gasteiger partial charge in [0.05, 0.1) is 32.7 Å². The first-order valence-corrected chi connectivity index (χ1v) is 12.0. The van der Waals surface area contributed by atoms with Crippen molar-refractivity contribution in [3.8, 4) is 17.2 Å². The molecule has 10 heteroatoms. The van der Waals surface area contributed by atoms with Gasteiger partial charge in [0.1, 0.15) is 28.7 Å². The largest absolute Gasteiger partial charge is 0.497 e. The van der Waals surface area contributed by atoms with E-state index in [1.165, 1.54) is 39.5 Å². The van der Waals surface area contributed by atoms with Gasteiger partial charge in [-0.3, -0.25) is 9.10 Å². The summed E-state index contributed by atoms with van der Waals surface area (Å²) in [5.41, 5.74) is 1.33. The first kappa shape index (κ1) is 25.2. The Morgan fingerprint density at radius 2 is 1.56 bits per heavy atom. The number of methoxy groups -OCH3 is 3. The minimum absolute atomic E-state index is 0.0586. The number of hydrogen-bond donors (Lipinski definition) is 1. The SMILES string of the molecule is COc1ccc(OC)c(NC(=O)CN(c2ccc(Cl)cc2)S(=O)(=O)c2cc(C)ccc2OC)c1. The van der Waals surface area contributed by atoms with Crippen molar-refractivity contribution in [3.05, 3.63) is 71.2 Å². The van der Waals surface area contributed by atoms with Crippen LogP contribution in [0.1, 0.15) is 5.56 Å². The molecule has 0 heterocycles. The monoisotopic (exact) mass is 504 g/mol. The number of carbonyl (C=O) groups is 1. The van der Waals surface area contributed by atoms with E-state index < -0.39 is 22.5 Å². The summed E-state index contributed by atoms with van der Waals surface area (Å²) in [5.74, 6) is 0.481. The number of halogens is 1. The average molecular weight is 505 g/mol. The number of nitrogens with one attached hydrogen (secondary N) is 1. The molecule has 1 amide bonds. The van der Waals surface area contributed by atoms with E-state index in [2.05, 4.69) is 5.32 Å². The third-order valence-electron chi connectivity index (χ3n) is 4.97. The lowest BCUT2D eigenvalue weighted by atomic mass is 10.2. The molecule has 0 saturated heterocycles. The first-order chi connectivity index (χ1) is 16.2. The number of carbonyl (C=O) groups excluding carboxylic acids is 1. The minimum Gasteiger partial charge on any atom is -0.497 e. The molecule has 3 aromatic rings. The van der Waals surface area contributed by atoms with Gasteiger partial charge in [-0.05, 0) is 61.0 Å². The number of hydrogen-bond acceptors (Lipinski definition) is 6. The average Bonchev–Trinajstić information content (AvgIpc) is 2.83. The van der Waals surface area contributed by atoms with Crippen LogP contribution in [0.4, 0.5) is 11.4 Å². The van der Waals surface area contributed by atoms with Crippen molar-refractivity contribution in [2.75, 3.05) is 37.5 Å². The van der Waals surface area contributed by atoms with E-state index in [4.69, 9.17) is 25.8 Å². The van der Waals surface area contributed by atoms with Crippen LogP contribution in [0.25, 0.3) is 0 Å². The van der Waals surface area contributed by atoms with Crippen LogP contribution in [0.15, 0.2) is 65.6 Å². The predicted octanol–water partition coefficient (Wildman–Crippen LogP) is 4.51. The molecular weight excluding hydrogens is 480 g/mol. The van der Waals surface area contributed by atoms with E-state index in [-0.39, 0.29) is 16.3 Å². The molecule has 180 valence electrons. The van der Waals surface area contributed by atoms with Crippen LogP contribution in [0.2, 0.25) is 5.02 Å². The number of amides is 1. The molecule has 0 fully saturated rings. The molecule has 0 saturated carbocycles. The van der Waals surface area contributed by atoms with Crippen LogP contribution in [0.5, 0.6) is 17.2 Å². The Labute approximate surface area is 204 Å². The summed E-state index contributed by atoms with van der Waals surface area (Å²) in [5, 5.41) is 3.13. The van der Waals surface area contributed by atoms with Crippen LogP contribution in [-0.2, 0) is 14.8 Å². The molecule has 0 atom stereocenters.